The van der Waals surface area contributed by atoms with Crippen LogP contribution in [0, 0.1) is 13.8 Å². The molecule has 5 rings (SSSR count). The molecule has 146 valence electrons. The van der Waals surface area contributed by atoms with E-state index in [1.54, 1.807) is 0 Å². The third-order valence-corrected chi connectivity index (χ3v) is 5.41. The van der Waals surface area contributed by atoms with E-state index in [2.05, 4.69) is 79.8 Å². The summed E-state index contributed by atoms with van der Waals surface area (Å²) in [6.45, 7) is 4.20. The number of aromatic nitrogens is 1. The van der Waals surface area contributed by atoms with Crippen LogP contribution in [0.25, 0.3) is 33.5 Å². The van der Waals surface area contributed by atoms with Gasteiger partial charge in [-0.2, -0.15) is 0 Å². The molecule has 5 aromatic rings. The normalized spacial score (nSPS) is 11.0. The van der Waals surface area contributed by atoms with Crippen LogP contribution < -0.4 is 5.32 Å². The molecule has 0 saturated carbocycles. The number of anilines is 2. The first-order valence-corrected chi connectivity index (χ1v) is 10.1. The molecule has 0 aliphatic rings. The number of nitrogens with zero attached hydrogens (tertiary/aromatic N) is 1. The molecule has 3 heteroatoms. The number of benzene rings is 4. The van der Waals surface area contributed by atoms with Crippen LogP contribution in [0.5, 0.6) is 0 Å². The molecule has 0 aliphatic carbocycles. The predicted octanol–water partition coefficient (Wildman–Crippen LogP) is 7.52. The largest absolute Gasteiger partial charge is 0.420 e. The van der Waals surface area contributed by atoms with Crippen LogP contribution in [-0.2, 0) is 0 Å². The second-order valence-electron chi connectivity index (χ2n) is 7.48. The van der Waals surface area contributed by atoms with Crippen molar-refractivity contribution in [1.82, 2.24) is 4.98 Å². The number of hydrogen-bond acceptors (Lipinski definition) is 3. The van der Waals surface area contributed by atoms with E-state index in [4.69, 9.17) is 9.40 Å². The third-order valence-electron chi connectivity index (χ3n) is 5.41. The topological polar surface area (TPSA) is 38.1 Å². The Kier molecular flexibility index (Phi) is 4.56. The molecule has 0 bridgehead atoms. The van der Waals surface area contributed by atoms with E-state index in [9.17, 15) is 0 Å². The lowest BCUT2D eigenvalue weighted by atomic mass is 10.0. The van der Waals surface area contributed by atoms with Gasteiger partial charge in [-0.3, -0.25) is 0 Å². The summed E-state index contributed by atoms with van der Waals surface area (Å²) in [5.41, 5.74) is 6.19. The van der Waals surface area contributed by atoms with Crippen molar-refractivity contribution < 1.29 is 4.42 Å². The molecular weight excluding hydrogens is 368 g/mol. The van der Waals surface area contributed by atoms with Gasteiger partial charge in [0.2, 0.25) is 11.8 Å². The number of oxazole rings is 1. The van der Waals surface area contributed by atoms with Gasteiger partial charge in [-0.1, -0.05) is 78.9 Å². The van der Waals surface area contributed by atoms with Crippen LogP contribution in [-0.4, -0.2) is 4.98 Å². The first-order chi connectivity index (χ1) is 14.7. The number of fused-ring (bicyclic) bond motifs is 1. The lowest BCUT2D eigenvalue weighted by Gasteiger charge is -2.12. The minimum absolute atomic E-state index is 0.604. The average molecular weight is 390 g/mol. The van der Waals surface area contributed by atoms with Crippen molar-refractivity contribution in [1.29, 1.82) is 0 Å². The van der Waals surface area contributed by atoms with Gasteiger partial charge >= 0.3 is 0 Å². The van der Waals surface area contributed by atoms with E-state index in [0.29, 0.717) is 11.8 Å². The quantitative estimate of drug-likeness (QED) is 0.345. The van der Waals surface area contributed by atoms with Crippen molar-refractivity contribution >= 4 is 22.3 Å². The zero-order chi connectivity index (χ0) is 20.5. The lowest BCUT2D eigenvalue weighted by molar-refractivity contribution is 0.591. The van der Waals surface area contributed by atoms with Gasteiger partial charge < -0.3 is 9.73 Å². The molecule has 1 heterocycles. The van der Waals surface area contributed by atoms with E-state index >= 15 is 0 Å². The highest BCUT2D eigenvalue weighted by Crippen LogP contribution is 2.38. The molecule has 0 amide bonds. The zero-order valence-corrected chi connectivity index (χ0v) is 17.0. The molecular formula is C27H22N2O. The molecule has 3 nitrogen and oxygen atoms in total. The van der Waals surface area contributed by atoms with Crippen LogP contribution in [0.4, 0.5) is 11.6 Å². The Morgan fingerprint density at radius 2 is 1.37 bits per heavy atom. The van der Waals surface area contributed by atoms with Gasteiger partial charge in [0.1, 0.15) is 5.69 Å². The van der Waals surface area contributed by atoms with Crippen molar-refractivity contribution in [3.63, 3.8) is 0 Å². The minimum atomic E-state index is 0.604. The first-order valence-electron chi connectivity index (χ1n) is 10.1. The summed E-state index contributed by atoms with van der Waals surface area (Å²) in [6, 6.07) is 30.9. The number of nitrogens with one attached hydrogen (secondary N) is 1. The van der Waals surface area contributed by atoms with Gasteiger partial charge in [-0.15, -0.1) is 0 Å². The van der Waals surface area contributed by atoms with E-state index < -0.39 is 0 Å². The predicted molar refractivity (Wildman–Crippen MR) is 124 cm³/mol. The molecule has 0 spiro atoms. The minimum Gasteiger partial charge on any atom is -0.420 e. The highest BCUT2D eigenvalue weighted by atomic mass is 16.4. The number of para-hydroxylation sites is 1. The van der Waals surface area contributed by atoms with Crippen LogP contribution in [0.15, 0.2) is 95.4 Å². The number of hydrogen-bond donors (Lipinski definition) is 1. The summed E-state index contributed by atoms with van der Waals surface area (Å²) in [5.74, 6) is 1.26. The van der Waals surface area contributed by atoms with E-state index in [1.807, 2.05) is 30.3 Å². The van der Waals surface area contributed by atoms with E-state index in [0.717, 1.165) is 39.0 Å². The molecule has 0 unspecified atom stereocenters. The average Bonchev–Trinajstić information content (AvgIpc) is 3.20. The molecule has 1 N–H and O–H groups in total. The molecule has 0 radical (unpaired) electrons. The van der Waals surface area contributed by atoms with Gasteiger partial charge in [0.25, 0.3) is 0 Å². The van der Waals surface area contributed by atoms with Crippen molar-refractivity contribution in [2.75, 3.05) is 5.32 Å². The highest BCUT2D eigenvalue weighted by molar-refractivity contribution is 5.98. The maximum atomic E-state index is 6.30. The summed E-state index contributed by atoms with van der Waals surface area (Å²) in [5, 5.41) is 5.86. The molecule has 30 heavy (non-hydrogen) atoms. The number of aryl methyl sites for hydroxylation is 2. The summed E-state index contributed by atoms with van der Waals surface area (Å²) >= 11 is 0. The summed E-state index contributed by atoms with van der Waals surface area (Å²) < 4.78 is 6.30. The Balaban J connectivity index is 1.72. The maximum Gasteiger partial charge on any atom is 0.229 e. The molecule has 0 fully saturated rings. The van der Waals surface area contributed by atoms with E-state index in [1.165, 1.54) is 5.39 Å². The summed E-state index contributed by atoms with van der Waals surface area (Å²) in [6.07, 6.45) is 0. The fourth-order valence-corrected chi connectivity index (χ4v) is 3.85. The van der Waals surface area contributed by atoms with Crippen molar-refractivity contribution in [3.8, 4) is 22.7 Å². The van der Waals surface area contributed by atoms with Crippen LogP contribution in [0.2, 0.25) is 0 Å². The zero-order valence-electron chi connectivity index (χ0n) is 17.0. The van der Waals surface area contributed by atoms with Gasteiger partial charge in [0, 0.05) is 16.8 Å². The Morgan fingerprint density at radius 3 is 2.17 bits per heavy atom. The fourth-order valence-electron chi connectivity index (χ4n) is 3.85. The van der Waals surface area contributed by atoms with Crippen molar-refractivity contribution in [2.24, 2.45) is 0 Å². The Hall–Kier alpha value is -3.85. The van der Waals surface area contributed by atoms with Gasteiger partial charge in [-0.05, 0) is 47.9 Å². The molecule has 4 aromatic carbocycles. The summed E-state index contributed by atoms with van der Waals surface area (Å²) in [4.78, 5) is 4.93. The molecule has 1 aromatic heterocycles. The fraction of sp³-hybridized carbons (Fsp3) is 0.0741. The van der Waals surface area contributed by atoms with Gasteiger partial charge in [0.05, 0.1) is 0 Å². The third kappa shape index (κ3) is 3.25. The van der Waals surface area contributed by atoms with Crippen molar-refractivity contribution in [2.45, 2.75) is 13.8 Å². The first kappa shape index (κ1) is 18.2. The molecule has 0 atom stereocenters. The Bertz CT molecular complexity index is 1310. The van der Waals surface area contributed by atoms with Crippen LogP contribution in [0.3, 0.4) is 0 Å². The Morgan fingerprint density at radius 1 is 0.700 bits per heavy atom. The molecule has 0 aliphatic heterocycles. The van der Waals surface area contributed by atoms with Gasteiger partial charge in [0.15, 0.2) is 0 Å². The maximum absolute atomic E-state index is 6.30. The summed E-state index contributed by atoms with van der Waals surface area (Å²) in [7, 11) is 0. The van der Waals surface area contributed by atoms with Crippen LogP contribution in [0.1, 0.15) is 11.1 Å². The second-order valence-corrected chi connectivity index (χ2v) is 7.48. The number of rotatable bonds is 4. The van der Waals surface area contributed by atoms with E-state index in [-0.39, 0.29) is 0 Å². The lowest BCUT2D eigenvalue weighted by Crippen LogP contribution is -1.96. The highest BCUT2D eigenvalue weighted by Gasteiger charge is 2.19. The van der Waals surface area contributed by atoms with Gasteiger partial charge in [-0.25, -0.2) is 4.98 Å². The van der Waals surface area contributed by atoms with Crippen molar-refractivity contribution in [3.05, 3.63) is 102 Å². The SMILES string of the molecule is Cc1cccc(C)c1Nc1oc(-c2ccccc2)nc1-c1cccc2ccccc12. The second kappa shape index (κ2) is 7.53. The standard InChI is InChI=1S/C27H22N2O/c1-18-10-8-11-19(2)24(18)28-27-25(29-26(30-27)21-13-4-3-5-14-21)23-17-9-15-20-12-6-7-16-22(20)23/h3-17,28H,1-2H3. The smallest absolute Gasteiger partial charge is 0.229 e. The van der Waals surface area contributed by atoms with Crippen LogP contribution >= 0.6 is 0 Å². The molecule has 0 saturated heterocycles. The monoisotopic (exact) mass is 390 g/mol. The Labute approximate surface area is 176 Å².